The number of thiazole rings is 1. The monoisotopic (exact) mass is 523 g/mol. The molecule has 4 atom stereocenters. The number of thiophene rings is 1. The van der Waals surface area contributed by atoms with Crippen LogP contribution in [-0.2, 0) is 16.0 Å². The zero-order valence-electron chi connectivity index (χ0n) is 20.4. The lowest BCUT2D eigenvalue weighted by Gasteiger charge is -2.25. The number of aromatic nitrogens is 3. The van der Waals surface area contributed by atoms with Gasteiger partial charge in [-0.1, -0.05) is 18.2 Å². The van der Waals surface area contributed by atoms with Gasteiger partial charge in [-0.25, -0.2) is 9.97 Å². The van der Waals surface area contributed by atoms with Gasteiger partial charge >= 0.3 is 0 Å². The van der Waals surface area contributed by atoms with Gasteiger partial charge in [0, 0.05) is 17.4 Å². The van der Waals surface area contributed by atoms with Gasteiger partial charge in [-0.05, 0) is 50.8 Å². The first kappa shape index (κ1) is 23.7. The molecule has 1 saturated carbocycles. The van der Waals surface area contributed by atoms with E-state index in [1.54, 1.807) is 22.7 Å². The first-order valence-corrected chi connectivity index (χ1v) is 13.8. The molecule has 0 bridgehead atoms. The molecular formula is C26H29N5O3S2. The predicted octanol–water partition coefficient (Wildman–Crippen LogP) is 5.05. The summed E-state index contributed by atoms with van der Waals surface area (Å²) in [5, 5.41) is 20.0. The predicted molar refractivity (Wildman–Crippen MR) is 143 cm³/mol. The van der Waals surface area contributed by atoms with Crippen LogP contribution in [0.15, 0.2) is 41.8 Å². The molecule has 2 fully saturated rings. The molecule has 4 unspecified atom stereocenters. The highest BCUT2D eigenvalue weighted by molar-refractivity contribution is 7.21. The number of benzene rings is 1. The zero-order valence-corrected chi connectivity index (χ0v) is 22.0. The Balaban J connectivity index is 1.37. The number of anilines is 2. The second kappa shape index (κ2) is 9.35. The van der Waals surface area contributed by atoms with Crippen molar-refractivity contribution in [1.29, 1.82) is 0 Å². The maximum atomic E-state index is 10.0. The minimum absolute atomic E-state index is 0.000431. The molecule has 3 N–H and O–H groups in total. The Morgan fingerprint density at radius 1 is 1.08 bits per heavy atom. The molecule has 4 heterocycles. The van der Waals surface area contributed by atoms with Crippen LogP contribution in [0, 0.1) is 12.8 Å². The lowest BCUT2D eigenvalue weighted by molar-refractivity contribution is -0.158. The number of para-hydroxylation sites is 1. The molecule has 10 heteroatoms. The van der Waals surface area contributed by atoms with Gasteiger partial charge in [-0.3, -0.25) is 0 Å². The van der Waals surface area contributed by atoms with Gasteiger partial charge in [0.05, 0.1) is 40.2 Å². The Labute approximate surface area is 217 Å². The van der Waals surface area contributed by atoms with E-state index in [1.807, 2.05) is 45.0 Å². The summed E-state index contributed by atoms with van der Waals surface area (Å²) in [6.45, 7) is 6.55. The number of hydrogen-bond acceptors (Lipinski definition) is 10. The molecule has 3 aromatic heterocycles. The van der Waals surface area contributed by atoms with Crippen LogP contribution in [0.5, 0.6) is 0 Å². The summed E-state index contributed by atoms with van der Waals surface area (Å²) in [6, 6.07) is 12.2. The van der Waals surface area contributed by atoms with Crippen molar-refractivity contribution in [3.8, 4) is 10.6 Å². The summed E-state index contributed by atoms with van der Waals surface area (Å²) in [5.74, 6) is 0.587. The number of rotatable bonds is 7. The van der Waals surface area contributed by atoms with Crippen LogP contribution in [0.25, 0.3) is 20.8 Å². The Hall–Kier alpha value is -2.63. The topological polar surface area (TPSA) is 101 Å². The average Bonchev–Trinajstić information content (AvgIpc) is 3.62. The fourth-order valence-corrected chi connectivity index (χ4v) is 6.86. The fourth-order valence-electron chi connectivity index (χ4n) is 5.15. The number of hydrogen-bond donors (Lipinski definition) is 3. The van der Waals surface area contributed by atoms with Crippen molar-refractivity contribution in [3.63, 3.8) is 0 Å². The zero-order chi connectivity index (χ0) is 24.9. The number of aryl methyl sites for hydroxylation is 1. The van der Waals surface area contributed by atoms with Crippen molar-refractivity contribution >= 4 is 44.7 Å². The Kier molecular flexibility index (Phi) is 6.17. The van der Waals surface area contributed by atoms with Crippen LogP contribution in [0.1, 0.15) is 30.8 Å². The summed E-state index contributed by atoms with van der Waals surface area (Å²) in [7, 11) is 0. The first-order chi connectivity index (χ1) is 17.4. The standard InChI is InChI=1S/C26H29N5O3S2/c1-14-20(24-30-17-8-4-5-9-19(17)36-24)23(31-25(28-14)27-12-16-7-6-10-35-16)29-18-11-15(13-32)21-22(18)34-26(2,3)33-21/h4-10,15,18,21-22,32H,11-13H2,1-3H3,(H2,27,28,29,31). The molecule has 0 spiro atoms. The Bertz CT molecular complexity index is 1340. The summed E-state index contributed by atoms with van der Waals surface area (Å²) in [6.07, 6.45) is 0.383. The minimum Gasteiger partial charge on any atom is -0.396 e. The highest BCUT2D eigenvalue weighted by atomic mass is 32.1. The van der Waals surface area contributed by atoms with Crippen molar-refractivity contribution in [2.75, 3.05) is 17.2 Å². The van der Waals surface area contributed by atoms with E-state index in [1.165, 1.54) is 4.88 Å². The maximum absolute atomic E-state index is 10.0. The molecule has 1 saturated heterocycles. The van der Waals surface area contributed by atoms with E-state index in [-0.39, 0.29) is 30.8 Å². The molecule has 1 aliphatic heterocycles. The van der Waals surface area contributed by atoms with E-state index >= 15 is 0 Å². The number of nitrogens with zero attached hydrogens (tertiary/aromatic N) is 3. The van der Waals surface area contributed by atoms with E-state index in [4.69, 9.17) is 24.4 Å². The number of aliphatic hydroxyl groups excluding tert-OH is 1. The maximum Gasteiger partial charge on any atom is 0.225 e. The number of fused-ring (bicyclic) bond motifs is 2. The largest absolute Gasteiger partial charge is 0.396 e. The SMILES string of the molecule is Cc1nc(NCc2cccs2)nc(NC2CC(CO)C3OC(C)(C)OC23)c1-c1nc2ccccc2s1. The van der Waals surface area contributed by atoms with Crippen LogP contribution in [0.3, 0.4) is 0 Å². The molecule has 2 aliphatic rings. The molecule has 0 amide bonds. The van der Waals surface area contributed by atoms with Gasteiger partial charge in [0.15, 0.2) is 5.79 Å². The smallest absolute Gasteiger partial charge is 0.225 e. The lowest BCUT2D eigenvalue weighted by atomic mass is 10.1. The molecule has 36 heavy (non-hydrogen) atoms. The van der Waals surface area contributed by atoms with E-state index in [2.05, 4.69) is 28.1 Å². The highest BCUT2D eigenvalue weighted by Crippen LogP contribution is 2.44. The van der Waals surface area contributed by atoms with Gasteiger partial charge in [-0.15, -0.1) is 22.7 Å². The third kappa shape index (κ3) is 4.48. The van der Waals surface area contributed by atoms with Gasteiger partial charge in [0.2, 0.25) is 5.95 Å². The lowest BCUT2D eigenvalue weighted by Crippen LogP contribution is -2.35. The number of aliphatic hydroxyl groups is 1. The van der Waals surface area contributed by atoms with Crippen LogP contribution < -0.4 is 10.6 Å². The molecule has 1 aromatic carbocycles. The summed E-state index contributed by atoms with van der Waals surface area (Å²) in [5.41, 5.74) is 2.69. The molecule has 8 nitrogen and oxygen atoms in total. The van der Waals surface area contributed by atoms with Crippen molar-refractivity contribution in [2.24, 2.45) is 5.92 Å². The first-order valence-electron chi connectivity index (χ1n) is 12.1. The summed E-state index contributed by atoms with van der Waals surface area (Å²) in [4.78, 5) is 15.8. The van der Waals surface area contributed by atoms with E-state index in [0.29, 0.717) is 18.3 Å². The molecular weight excluding hydrogens is 494 g/mol. The Morgan fingerprint density at radius 2 is 1.92 bits per heavy atom. The van der Waals surface area contributed by atoms with Gasteiger partial charge in [0.25, 0.3) is 0 Å². The van der Waals surface area contributed by atoms with Gasteiger partial charge in [-0.2, -0.15) is 4.98 Å². The Morgan fingerprint density at radius 3 is 2.69 bits per heavy atom. The molecule has 188 valence electrons. The van der Waals surface area contributed by atoms with E-state index in [0.717, 1.165) is 32.9 Å². The van der Waals surface area contributed by atoms with Gasteiger partial charge in [0.1, 0.15) is 16.9 Å². The molecule has 0 radical (unpaired) electrons. The highest BCUT2D eigenvalue weighted by Gasteiger charge is 2.54. The quantitative estimate of drug-likeness (QED) is 0.309. The molecule has 6 rings (SSSR count). The third-order valence-electron chi connectivity index (χ3n) is 6.74. The van der Waals surface area contributed by atoms with Crippen LogP contribution >= 0.6 is 22.7 Å². The summed E-state index contributed by atoms with van der Waals surface area (Å²) < 4.78 is 13.5. The summed E-state index contributed by atoms with van der Waals surface area (Å²) >= 11 is 3.33. The minimum atomic E-state index is -0.687. The normalized spacial score (nSPS) is 24.8. The average molecular weight is 524 g/mol. The van der Waals surface area contributed by atoms with Crippen LogP contribution in [0.4, 0.5) is 11.8 Å². The van der Waals surface area contributed by atoms with E-state index in [9.17, 15) is 5.11 Å². The van der Waals surface area contributed by atoms with Gasteiger partial charge < -0.3 is 25.2 Å². The van der Waals surface area contributed by atoms with Crippen LogP contribution in [-0.4, -0.2) is 50.7 Å². The second-order valence-electron chi connectivity index (χ2n) is 9.77. The molecule has 1 aliphatic carbocycles. The number of nitrogens with one attached hydrogen (secondary N) is 2. The van der Waals surface area contributed by atoms with Crippen LogP contribution in [0.2, 0.25) is 0 Å². The fraction of sp³-hybridized carbons (Fsp3) is 0.423. The van der Waals surface area contributed by atoms with E-state index < -0.39 is 5.79 Å². The number of ether oxygens (including phenoxy) is 2. The second-order valence-corrected chi connectivity index (χ2v) is 11.8. The molecule has 4 aromatic rings. The van der Waals surface area contributed by atoms with Crippen molar-refractivity contribution < 1.29 is 14.6 Å². The van der Waals surface area contributed by atoms with Crippen molar-refractivity contribution in [1.82, 2.24) is 15.0 Å². The third-order valence-corrected chi connectivity index (χ3v) is 8.67. The van der Waals surface area contributed by atoms with Crippen molar-refractivity contribution in [3.05, 3.63) is 52.3 Å². The van der Waals surface area contributed by atoms with Crippen molar-refractivity contribution in [2.45, 2.75) is 57.8 Å².